The lowest BCUT2D eigenvalue weighted by Gasteiger charge is -2.60. The molecule has 0 radical (unpaired) electrons. The number of likely N-dealkylation sites (tertiary alicyclic amines) is 1. The smallest absolute Gasteiger partial charge is 0.240 e. The summed E-state index contributed by atoms with van der Waals surface area (Å²) in [4.78, 5) is 44.5. The molecule has 0 spiro atoms. The highest BCUT2D eigenvalue weighted by Crippen LogP contribution is 2.51. The van der Waals surface area contributed by atoms with Gasteiger partial charge < -0.3 is 31.5 Å². The van der Waals surface area contributed by atoms with Gasteiger partial charge in [0.15, 0.2) is 0 Å². The van der Waals surface area contributed by atoms with Crippen molar-refractivity contribution < 1.29 is 24.2 Å². The summed E-state index contributed by atoms with van der Waals surface area (Å²) in [5, 5.41) is 14.3. The Hall–Kier alpha value is -4.25. The van der Waals surface area contributed by atoms with Gasteiger partial charge in [0.05, 0.1) is 13.2 Å². The molecule has 3 amide bonds. The minimum atomic E-state index is -1.63. The third-order valence-corrected chi connectivity index (χ3v) is 10.9. The fraction of sp³-hybridized carbons (Fsp3) is 0.447. The second kappa shape index (κ2) is 13.7. The van der Waals surface area contributed by atoms with Crippen molar-refractivity contribution >= 4 is 17.7 Å². The zero-order valence-electron chi connectivity index (χ0n) is 27.9. The summed E-state index contributed by atoms with van der Waals surface area (Å²) < 4.78 is 5.77. The van der Waals surface area contributed by atoms with Gasteiger partial charge in [0.25, 0.3) is 0 Å². The first kappa shape index (κ1) is 33.6. The van der Waals surface area contributed by atoms with Gasteiger partial charge in [-0.2, -0.15) is 0 Å². The number of amides is 3. The number of hydrogen-bond acceptors (Lipinski definition) is 7. The molecule has 4 aliphatic rings. The number of β-amino-alcohol motifs (C(OH)–C–C–N with tert-alkyl or cyclic N) is 1. The Morgan fingerprint density at radius 3 is 2.19 bits per heavy atom. The molecule has 3 aromatic rings. The molecule has 4 aliphatic heterocycles. The Bertz CT molecular complexity index is 1600. The highest BCUT2D eigenvalue weighted by molar-refractivity contribution is 6.07. The largest absolute Gasteiger partial charge is 0.496 e. The minimum Gasteiger partial charge on any atom is -0.496 e. The fourth-order valence-electron chi connectivity index (χ4n) is 8.54. The summed E-state index contributed by atoms with van der Waals surface area (Å²) in [5.74, 6) is -1.51. The number of nitrogens with two attached hydrogens (primary N) is 2. The van der Waals surface area contributed by atoms with E-state index in [1.807, 2.05) is 42.5 Å². The maximum atomic E-state index is 14.7. The number of nitrogens with zero attached hydrogens (tertiary/aromatic N) is 2. The SMILES string of the molecule is COc1ccc(C(C)C)cc1CN[C@@H]1[C@@H](C(c2ccccc2)c2ccccc2)N2CC[C@H]1[C@@](C(N)=O)(C(=O)N1CC(O)CC1C(N)=O)C2. The molecule has 3 unspecified atom stereocenters. The third-order valence-electron chi connectivity index (χ3n) is 10.9. The third kappa shape index (κ3) is 5.97. The topological polar surface area (TPSA) is 151 Å². The van der Waals surface area contributed by atoms with Crippen LogP contribution in [0, 0.1) is 11.3 Å². The van der Waals surface area contributed by atoms with Crippen molar-refractivity contribution in [1.82, 2.24) is 15.1 Å². The molecular weight excluding hydrogens is 606 g/mol. The molecule has 4 saturated heterocycles. The van der Waals surface area contributed by atoms with Crippen LogP contribution in [0.5, 0.6) is 5.75 Å². The first-order valence-corrected chi connectivity index (χ1v) is 16.9. The summed E-state index contributed by atoms with van der Waals surface area (Å²) in [6.45, 7) is 5.42. The van der Waals surface area contributed by atoms with Crippen molar-refractivity contribution in [1.29, 1.82) is 0 Å². The number of primary amides is 2. The number of aliphatic hydroxyl groups excluding tert-OH is 1. The van der Waals surface area contributed by atoms with Crippen molar-refractivity contribution in [3.05, 3.63) is 101 Å². The van der Waals surface area contributed by atoms with Crippen LogP contribution in [-0.2, 0) is 20.9 Å². The molecule has 2 bridgehead atoms. The highest BCUT2D eigenvalue weighted by Gasteiger charge is 2.65. The molecule has 4 heterocycles. The number of rotatable bonds is 11. The van der Waals surface area contributed by atoms with Gasteiger partial charge in [-0.05, 0) is 41.6 Å². The van der Waals surface area contributed by atoms with Gasteiger partial charge in [0.1, 0.15) is 17.2 Å². The summed E-state index contributed by atoms with van der Waals surface area (Å²) in [6.07, 6.45) is -0.342. The van der Waals surface area contributed by atoms with E-state index in [9.17, 15) is 19.5 Å². The molecular formula is C38H47N5O5. The van der Waals surface area contributed by atoms with Crippen LogP contribution in [-0.4, -0.2) is 83.6 Å². The molecule has 10 nitrogen and oxygen atoms in total. The molecule has 4 fully saturated rings. The number of ether oxygens (including phenoxy) is 1. The molecule has 7 rings (SSSR count). The summed E-state index contributed by atoms with van der Waals surface area (Å²) in [6, 6.07) is 25.3. The number of carbonyl (C=O) groups is 3. The zero-order chi connectivity index (χ0) is 34.2. The summed E-state index contributed by atoms with van der Waals surface area (Å²) >= 11 is 0. The molecule has 0 aromatic heterocycles. The maximum absolute atomic E-state index is 14.7. The lowest BCUT2D eigenvalue weighted by atomic mass is 9.58. The van der Waals surface area contributed by atoms with E-state index >= 15 is 0 Å². The standard InChI is InChI=1S/C38H47N5O5/c1-23(2)26-14-15-31(48-3)27(18-26)20-41-33-29-16-17-42(34(33)32(24-10-6-4-7-11-24)25-12-8-5-9-13-25)22-38(29,36(40)46)37(47)43-21-28(44)19-30(43)35(39)45/h4-15,18,23,28-30,32-34,41,44H,16-17,19-22H2,1-3H3,(H2,39,45)(H2,40,46)/t28?,29-,30?,33+,34-,38+/m1/s1. The zero-order valence-corrected chi connectivity index (χ0v) is 27.9. The molecule has 0 saturated carbocycles. The van der Waals surface area contributed by atoms with Crippen molar-refractivity contribution in [3.63, 3.8) is 0 Å². The van der Waals surface area contributed by atoms with Crippen LogP contribution >= 0.6 is 0 Å². The van der Waals surface area contributed by atoms with E-state index in [2.05, 4.69) is 60.5 Å². The van der Waals surface area contributed by atoms with Crippen LogP contribution < -0.4 is 21.5 Å². The second-order valence-electron chi connectivity index (χ2n) is 13.9. The summed E-state index contributed by atoms with van der Waals surface area (Å²) in [7, 11) is 1.65. The van der Waals surface area contributed by atoms with E-state index in [4.69, 9.17) is 16.2 Å². The molecule has 7 atom stereocenters. The Labute approximate surface area is 282 Å². The van der Waals surface area contributed by atoms with E-state index in [1.54, 1.807) is 7.11 Å². The number of methoxy groups -OCH3 is 1. The minimum absolute atomic E-state index is 0.0324. The van der Waals surface area contributed by atoms with Crippen LogP contribution in [0.25, 0.3) is 0 Å². The number of aliphatic hydroxyl groups is 1. The van der Waals surface area contributed by atoms with Crippen LogP contribution in [0.3, 0.4) is 0 Å². The van der Waals surface area contributed by atoms with Gasteiger partial charge in [-0.15, -0.1) is 0 Å². The normalized spacial score (nSPS) is 28.2. The Morgan fingerprint density at radius 2 is 1.62 bits per heavy atom. The van der Waals surface area contributed by atoms with E-state index in [-0.39, 0.29) is 37.5 Å². The predicted octanol–water partition coefficient (Wildman–Crippen LogP) is 2.73. The first-order valence-electron chi connectivity index (χ1n) is 16.9. The van der Waals surface area contributed by atoms with Gasteiger partial charge in [0, 0.05) is 55.5 Å². The van der Waals surface area contributed by atoms with Gasteiger partial charge in [-0.1, -0.05) is 86.6 Å². The second-order valence-corrected chi connectivity index (χ2v) is 13.9. The predicted molar refractivity (Wildman–Crippen MR) is 183 cm³/mol. The van der Waals surface area contributed by atoms with Crippen molar-refractivity contribution in [3.8, 4) is 5.75 Å². The van der Waals surface area contributed by atoms with Crippen LogP contribution in [0.4, 0.5) is 0 Å². The lowest BCUT2D eigenvalue weighted by molar-refractivity contribution is -0.172. The Balaban J connectivity index is 1.47. The number of nitrogens with one attached hydrogen (secondary N) is 1. The lowest BCUT2D eigenvalue weighted by Crippen LogP contribution is -2.76. The van der Waals surface area contributed by atoms with Crippen LogP contribution in [0.1, 0.15) is 60.8 Å². The quantitative estimate of drug-likeness (QED) is 0.233. The average molecular weight is 654 g/mol. The number of fused-ring (bicyclic) bond motifs is 3. The molecule has 6 N–H and O–H groups in total. The van der Waals surface area contributed by atoms with Crippen molar-refractivity contribution in [2.24, 2.45) is 22.8 Å². The van der Waals surface area contributed by atoms with E-state index in [0.717, 1.165) is 22.4 Å². The van der Waals surface area contributed by atoms with E-state index in [1.165, 1.54) is 10.5 Å². The van der Waals surface area contributed by atoms with E-state index < -0.39 is 41.2 Å². The number of piperidine rings is 3. The number of carbonyl (C=O) groups excluding carboxylic acids is 3. The van der Waals surface area contributed by atoms with Crippen LogP contribution in [0.15, 0.2) is 78.9 Å². The average Bonchev–Trinajstić information content (AvgIpc) is 3.50. The monoisotopic (exact) mass is 653 g/mol. The first-order chi connectivity index (χ1) is 23.1. The molecule has 48 heavy (non-hydrogen) atoms. The van der Waals surface area contributed by atoms with Gasteiger partial charge in [-0.3, -0.25) is 19.3 Å². The highest BCUT2D eigenvalue weighted by atomic mass is 16.5. The molecule has 3 aromatic carbocycles. The Morgan fingerprint density at radius 1 is 0.979 bits per heavy atom. The van der Waals surface area contributed by atoms with Gasteiger partial charge in [0.2, 0.25) is 17.7 Å². The Kier molecular flexibility index (Phi) is 9.60. The van der Waals surface area contributed by atoms with Crippen molar-refractivity contribution in [2.45, 2.75) is 69.3 Å². The van der Waals surface area contributed by atoms with Crippen LogP contribution in [0.2, 0.25) is 0 Å². The summed E-state index contributed by atoms with van der Waals surface area (Å²) in [5.41, 5.74) is 14.8. The molecule has 254 valence electrons. The van der Waals surface area contributed by atoms with Crippen molar-refractivity contribution in [2.75, 3.05) is 26.7 Å². The van der Waals surface area contributed by atoms with Gasteiger partial charge >= 0.3 is 0 Å². The fourth-order valence-corrected chi connectivity index (χ4v) is 8.54. The molecule has 10 heteroatoms. The maximum Gasteiger partial charge on any atom is 0.240 e. The van der Waals surface area contributed by atoms with Gasteiger partial charge in [-0.25, -0.2) is 0 Å². The number of hydrogen-bond donors (Lipinski definition) is 4. The molecule has 0 aliphatic carbocycles. The number of benzene rings is 3. The van der Waals surface area contributed by atoms with E-state index in [0.29, 0.717) is 25.4 Å².